The third kappa shape index (κ3) is 4.45. The zero-order valence-corrected chi connectivity index (χ0v) is 19.4. The van der Waals surface area contributed by atoms with Crippen LogP contribution in [-0.2, 0) is 33.9 Å². The first-order valence-electron chi connectivity index (χ1n) is 9.58. The number of esters is 1. The van der Waals surface area contributed by atoms with Crippen molar-refractivity contribution < 1.29 is 49.5 Å². The maximum atomic E-state index is 12.9. The maximum Gasteiger partial charge on any atom is 0.534 e. The second-order valence-electron chi connectivity index (χ2n) is 7.86. The van der Waals surface area contributed by atoms with Gasteiger partial charge in [-0.2, -0.15) is 21.6 Å². The maximum absolute atomic E-state index is 12.9. The highest BCUT2D eigenvalue weighted by molar-refractivity contribution is 7.88. The van der Waals surface area contributed by atoms with Crippen LogP contribution in [-0.4, -0.2) is 53.6 Å². The molecule has 1 aromatic carbocycles. The number of carbonyl (C=O) groups excluding carboxylic acids is 1. The summed E-state index contributed by atoms with van der Waals surface area (Å²) in [7, 11) is -1.89. The number of methoxy groups -OCH3 is 3. The number of para-hydroxylation sites is 1. The highest BCUT2D eigenvalue weighted by Crippen LogP contribution is 2.54. The van der Waals surface area contributed by atoms with Crippen LogP contribution in [0.5, 0.6) is 5.75 Å². The van der Waals surface area contributed by atoms with E-state index in [-0.39, 0.29) is 12.2 Å². The van der Waals surface area contributed by atoms with Crippen LogP contribution < -0.4 is 4.18 Å². The van der Waals surface area contributed by atoms with Crippen molar-refractivity contribution in [1.82, 2.24) is 0 Å². The van der Waals surface area contributed by atoms with Gasteiger partial charge in [0, 0.05) is 25.2 Å². The van der Waals surface area contributed by atoms with Gasteiger partial charge in [0.25, 0.3) is 0 Å². The monoisotopic (exact) mass is 484 g/mol. The van der Waals surface area contributed by atoms with E-state index in [2.05, 4.69) is 4.18 Å². The van der Waals surface area contributed by atoms with Crippen LogP contribution in [0.25, 0.3) is 0 Å². The van der Waals surface area contributed by atoms with E-state index in [9.17, 15) is 26.4 Å². The van der Waals surface area contributed by atoms with Gasteiger partial charge in [0.15, 0.2) is 5.79 Å². The Labute approximate surface area is 185 Å². The number of ether oxygens (including phenoxy) is 4. The Morgan fingerprint density at radius 2 is 1.72 bits per heavy atom. The first-order chi connectivity index (χ1) is 14.7. The Morgan fingerprint density at radius 3 is 2.22 bits per heavy atom. The summed E-state index contributed by atoms with van der Waals surface area (Å²) in [4.78, 5) is 12.8. The molecule has 0 spiro atoms. The van der Waals surface area contributed by atoms with E-state index in [4.69, 9.17) is 18.9 Å². The van der Waals surface area contributed by atoms with Gasteiger partial charge in [0.1, 0.15) is 5.75 Å². The summed E-state index contributed by atoms with van der Waals surface area (Å²) < 4.78 is 88.2. The summed E-state index contributed by atoms with van der Waals surface area (Å²) >= 11 is 0. The second-order valence-corrected chi connectivity index (χ2v) is 9.40. The molecule has 1 aliphatic rings. The second kappa shape index (κ2) is 9.16. The van der Waals surface area contributed by atoms with Crippen LogP contribution in [0.2, 0.25) is 0 Å². The van der Waals surface area contributed by atoms with Crippen molar-refractivity contribution in [3.63, 3.8) is 0 Å². The highest BCUT2D eigenvalue weighted by atomic mass is 32.2. The van der Waals surface area contributed by atoms with Crippen molar-refractivity contribution >= 4 is 16.1 Å². The summed E-state index contributed by atoms with van der Waals surface area (Å²) in [6.07, 6.45) is -1.15. The van der Waals surface area contributed by atoms with Gasteiger partial charge in [0.2, 0.25) is 0 Å². The standard InChI is InChI=1S/C20H27F3O8S/c1-12-15(17(24)27-4)16(30-11-18(12,2)19(3,28-5)29-6)13-9-7-8-10-14(13)31-32(25,26)20(21,22)23/h7-10,12,15-16H,11H2,1-6H3/t12?,15-,16+,18?/m0/s1. The Hall–Kier alpha value is -1.89. The largest absolute Gasteiger partial charge is 0.534 e. The summed E-state index contributed by atoms with van der Waals surface area (Å²) in [5.74, 6) is -4.05. The van der Waals surface area contributed by atoms with E-state index in [0.717, 1.165) is 6.07 Å². The number of hydrogen-bond acceptors (Lipinski definition) is 8. The molecule has 2 unspecified atom stereocenters. The number of carbonyl (C=O) groups is 1. The third-order valence-electron chi connectivity index (χ3n) is 6.43. The fourth-order valence-corrected chi connectivity index (χ4v) is 4.44. The van der Waals surface area contributed by atoms with E-state index < -0.39 is 56.5 Å². The van der Waals surface area contributed by atoms with Crippen LogP contribution >= 0.6 is 0 Å². The van der Waals surface area contributed by atoms with Crippen LogP contribution in [0, 0.1) is 17.3 Å². The molecule has 0 amide bonds. The van der Waals surface area contributed by atoms with Crippen molar-refractivity contribution in [3.05, 3.63) is 29.8 Å². The van der Waals surface area contributed by atoms with E-state index in [1.807, 2.05) is 0 Å². The van der Waals surface area contributed by atoms with Gasteiger partial charge in [-0.1, -0.05) is 32.0 Å². The molecule has 1 heterocycles. The summed E-state index contributed by atoms with van der Waals surface area (Å²) in [6.45, 7) is 5.18. The van der Waals surface area contributed by atoms with Gasteiger partial charge >= 0.3 is 21.6 Å². The SMILES string of the molecule is COC(=O)[C@H]1C(C)C(C)(C(C)(OC)OC)CO[C@@H]1c1ccccc1OS(=O)(=O)C(F)(F)F. The summed E-state index contributed by atoms with van der Waals surface area (Å²) in [5.41, 5.74) is -6.55. The third-order valence-corrected chi connectivity index (χ3v) is 7.40. The molecule has 0 aliphatic carbocycles. The molecule has 0 radical (unpaired) electrons. The minimum absolute atomic E-state index is 0.0230. The fourth-order valence-electron chi connectivity index (χ4n) is 3.95. The molecular formula is C20H27F3O8S. The molecule has 0 aromatic heterocycles. The molecular weight excluding hydrogens is 457 g/mol. The number of alkyl halides is 3. The molecule has 1 aromatic rings. The van der Waals surface area contributed by atoms with Crippen molar-refractivity contribution in [3.8, 4) is 5.75 Å². The minimum atomic E-state index is -5.93. The molecule has 4 atom stereocenters. The van der Waals surface area contributed by atoms with Crippen molar-refractivity contribution in [1.29, 1.82) is 0 Å². The minimum Gasteiger partial charge on any atom is -0.469 e. The zero-order valence-electron chi connectivity index (χ0n) is 18.6. The smallest absolute Gasteiger partial charge is 0.469 e. The molecule has 0 bridgehead atoms. The molecule has 182 valence electrons. The number of halogens is 3. The van der Waals surface area contributed by atoms with Gasteiger partial charge < -0.3 is 23.1 Å². The van der Waals surface area contributed by atoms with Gasteiger partial charge in [0.05, 0.1) is 25.7 Å². The lowest BCUT2D eigenvalue weighted by Gasteiger charge is -2.53. The molecule has 12 heteroatoms. The van der Waals surface area contributed by atoms with Crippen LogP contribution in [0.3, 0.4) is 0 Å². The van der Waals surface area contributed by atoms with Gasteiger partial charge in [-0.3, -0.25) is 4.79 Å². The van der Waals surface area contributed by atoms with Crippen molar-refractivity contribution in [2.24, 2.45) is 17.3 Å². The van der Waals surface area contributed by atoms with Crippen LogP contribution in [0.1, 0.15) is 32.4 Å². The van der Waals surface area contributed by atoms with E-state index >= 15 is 0 Å². The lowest BCUT2D eigenvalue weighted by Crippen LogP contribution is -2.59. The predicted octanol–water partition coefficient (Wildman–Crippen LogP) is 3.43. The average molecular weight is 484 g/mol. The van der Waals surface area contributed by atoms with E-state index in [1.54, 1.807) is 20.8 Å². The van der Waals surface area contributed by atoms with Crippen LogP contribution in [0.15, 0.2) is 24.3 Å². The quantitative estimate of drug-likeness (QED) is 0.251. The highest BCUT2D eigenvalue weighted by Gasteiger charge is 2.59. The van der Waals surface area contributed by atoms with Crippen LogP contribution in [0.4, 0.5) is 13.2 Å². The Bertz CT molecular complexity index is 929. The average Bonchev–Trinajstić information content (AvgIpc) is 2.73. The number of hydrogen-bond donors (Lipinski definition) is 0. The molecule has 1 saturated heterocycles. The Balaban J connectivity index is 2.57. The lowest BCUT2D eigenvalue weighted by atomic mass is 9.63. The zero-order chi connectivity index (χ0) is 24.5. The van der Waals surface area contributed by atoms with Gasteiger partial charge in [-0.15, -0.1) is 0 Å². The first-order valence-corrected chi connectivity index (χ1v) is 11.0. The molecule has 0 N–H and O–H groups in total. The van der Waals surface area contributed by atoms with E-state index in [0.29, 0.717) is 0 Å². The Kier molecular flexibility index (Phi) is 7.55. The normalized spacial score (nSPS) is 27.1. The topological polar surface area (TPSA) is 97.4 Å². The Morgan fingerprint density at radius 1 is 1.16 bits per heavy atom. The lowest BCUT2D eigenvalue weighted by molar-refractivity contribution is -0.310. The summed E-state index contributed by atoms with van der Waals surface area (Å²) in [6, 6.07) is 5.17. The molecule has 32 heavy (non-hydrogen) atoms. The molecule has 8 nitrogen and oxygen atoms in total. The predicted molar refractivity (Wildman–Crippen MR) is 106 cm³/mol. The number of benzene rings is 1. The molecule has 2 rings (SSSR count). The van der Waals surface area contributed by atoms with Gasteiger partial charge in [-0.05, 0) is 18.9 Å². The fraction of sp³-hybridized carbons (Fsp3) is 0.650. The van der Waals surface area contributed by atoms with Crippen molar-refractivity contribution in [2.45, 2.75) is 38.2 Å². The molecule has 1 aliphatic heterocycles. The van der Waals surface area contributed by atoms with Crippen molar-refractivity contribution in [2.75, 3.05) is 27.9 Å². The first kappa shape index (κ1) is 26.4. The number of rotatable bonds is 7. The molecule has 1 fully saturated rings. The van der Waals surface area contributed by atoms with E-state index in [1.165, 1.54) is 39.5 Å². The van der Waals surface area contributed by atoms with Gasteiger partial charge in [-0.25, -0.2) is 0 Å². The molecule has 0 saturated carbocycles. The summed E-state index contributed by atoms with van der Waals surface area (Å²) in [5, 5.41) is 0.